The first-order valence-corrected chi connectivity index (χ1v) is 11.3. The zero-order valence-corrected chi connectivity index (χ0v) is 19.0. The number of carbonyl (C=O) groups excluding carboxylic acids is 1. The minimum absolute atomic E-state index is 0.0634. The molecule has 8 heteroatoms. The van der Waals surface area contributed by atoms with E-state index in [0.29, 0.717) is 29.3 Å². The van der Waals surface area contributed by atoms with Gasteiger partial charge in [-0.25, -0.2) is 4.98 Å². The molecule has 0 saturated heterocycles. The average Bonchev–Trinajstić information content (AvgIpc) is 3.05. The van der Waals surface area contributed by atoms with Gasteiger partial charge in [-0.15, -0.1) is 0 Å². The number of amides is 1. The van der Waals surface area contributed by atoms with Crippen molar-refractivity contribution in [3.8, 4) is 0 Å². The summed E-state index contributed by atoms with van der Waals surface area (Å²) in [6.07, 6.45) is 0.869. The maximum Gasteiger partial charge on any atom is 0.280 e. The topological polar surface area (TPSA) is 81.8 Å². The van der Waals surface area contributed by atoms with E-state index in [2.05, 4.69) is 10.4 Å². The second-order valence-electron chi connectivity index (χ2n) is 7.54. The van der Waals surface area contributed by atoms with Crippen LogP contribution >= 0.6 is 11.8 Å². The van der Waals surface area contributed by atoms with E-state index in [1.807, 2.05) is 58.9 Å². The van der Waals surface area contributed by atoms with Gasteiger partial charge in [-0.3, -0.25) is 18.8 Å². The summed E-state index contributed by atoms with van der Waals surface area (Å²) in [5, 5.41) is 7.96. The van der Waals surface area contributed by atoms with Crippen molar-refractivity contribution < 1.29 is 4.79 Å². The fraction of sp³-hybridized carbons (Fsp3) is 0.455. The number of nitrogens with zero attached hydrogens (tertiary/aromatic N) is 4. The van der Waals surface area contributed by atoms with Crippen LogP contribution in [0, 0.1) is 13.8 Å². The molecule has 1 N–H and O–H groups in total. The molecule has 0 fully saturated rings. The second-order valence-corrected chi connectivity index (χ2v) is 8.48. The molecule has 1 amide bonds. The van der Waals surface area contributed by atoms with Crippen LogP contribution in [-0.2, 0) is 17.9 Å². The van der Waals surface area contributed by atoms with Gasteiger partial charge in [0.15, 0.2) is 10.7 Å². The van der Waals surface area contributed by atoms with E-state index >= 15 is 0 Å². The summed E-state index contributed by atoms with van der Waals surface area (Å²) in [6, 6.07) is 8.20. The molecule has 0 aliphatic carbocycles. The summed E-state index contributed by atoms with van der Waals surface area (Å²) >= 11 is 1.29. The van der Waals surface area contributed by atoms with Gasteiger partial charge in [-0.2, -0.15) is 5.10 Å². The molecule has 30 heavy (non-hydrogen) atoms. The molecule has 0 saturated carbocycles. The van der Waals surface area contributed by atoms with Crippen LogP contribution < -0.4 is 10.9 Å². The van der Waals surface area contributed by atoms with Gasteiger partial charge < -0.3 is 5.32 Å². The SMILES string of the molecule is CCC(C)NC(=O)CSc1nc2c(C)nn(CC)c2c(=O)n1Cc1ccc(C)cc1. The fourth-order valence-electron chi connectivity index (χ4n) is 3.19. The Morgan fingerprint density at radius 3 is 2.53 bits per heavy atom. The molecule has 7 nitrogen and oxygen atoms in total. The first-order valence-electron chi connectivity index (χ1n) is 10.3. The van der Waals surface area contributed by atoms with Crippen molar-refractivity contribution in [2.75, 3.05) is 5.75 Å². The highest BCUT2D eigenvalue weighted by molar-refractivity contribution is 7.99. The third-order valence-corrected chi connectivity index (χ3v) is 6.07. The normalized spacial score (nSPS) is 12.3. The minimum Gasteiger partial charge on any atom is -0.353 e. The lowest BCUT2D eigenvalue weighted by Crippen LogP contribution is -2.33. The van der Waals surface area contributed by atoms with E-state index in [1.165, 1.54) is 11.8 Å². The Kier molecular flexibility index (Phi) is 6.97. The number of hydrogen-bond donors (Lipinski definition) is 1. The molecule has 1 aromatic carbocycles. The lowest BCUT2D eigenvalue weighted by Gasteiger charge is -2.14. The molecule has 2 heterocycles. The highest BCUT2D eigenvalue weighted by Gasteiger charge is 2.19. The third-order valence-electron chi connectivity index (χ3n) is 5.09. The zero-order valence-electron chi connectivity index (χ0n) is 18.2. The van der Waals surface area contributed by atoms with Crippen LogP contribution in [0.5, 0.6) is 0 Å². The van der Waals surface area contributed by atoms with Gasteiger partial charge in [0.25, 0.3) is 5.56 Å². The van der Waals surface area contributed by atoms with Crippen molar-refractivity contribution in [2.24, 2.45) is 0 Å². The molecular weight excluding hydrogens is 398 g/mol. The van der Waals surface area contributed by atoms with Crippen LogP contribution in [0.4, 0.5) is 0 Å². The number of carbonyl (C=O) groups is 1. The Balaban J connectivity index is 2.02. The van der Waals surface area contributed by atoms with Gasteiger partial charge in [-0.1, -0.05) is 48.5 Å². The molecule has 160 valence electrons. The Bertz CT molecular complexity index is 1100. The van der Waals surface area contributed by atoms with Crippen molar-refractivity contribution in [1.29, 1.82) is 0 Å². The number of thioether (sulfide) groups is 1. The molecule has 0 radical (unpaired) electrons. The van der Waals surface area contributed by atoms with E-state index in [9.17, 15) is 9.59 Å². The van der Waals surface area contributed by atoms with Crippen molar-refractivity contribution >= 4 is 28.7 Å². The number of fused-ring (bicyclic) bond motifs is 1. The van der Waals surface area contributed by atoms with Crippen LogP contribution in [0.15, 0.2) is 34.2 Å². The van der Waals surface area contributed by atoms with Crippen LogP contribution in [0.25, 0.3) is 11.0 Å². The second kappa shape index (κ2) is 9.47. The third kappa shape index (κ3) is 4.75. The Morgan fingerprint density at radius 1 is 1.20 bits per heavy atom. The van der Waals surface area contributed by atoms with Gasteiger partial charge in [0.1, 0.15) is 5.52 Å². The Hall–Kier alpha value is -2.61. The number of aryl methyl sites for hydroxylation is 3. The maximum absolute atomic E-state index is 13.4. The molecule has 0 bridgehead atoms. The van der Waals surface area contributed by atoms with Gasteiger partial charge >= 0.3 is 0 Å². The van der Waals surface area contributed by atoms with Crippen LogP contribution in [0.1, 0.15) is 44.0 Å². The summed E-state index contributed by atoms with van der Waals surface area (Å²) in [5.74, 6) is 0.142. The number of hydrogen-bond acceptors (Lipinski definition) is 5. The predicted octanol–water partition coefficient (Wildman–Crippen LogP) is 3.28. The highest BCUT2D eigenvalue weighted by atomic mass is 32.2. The summed E-state index contributed by atoms with van der Waals surface area (Å²) in [7, 11) is 0. The van der Waals surface area contributed by atoms with E-state index in [-0.39, 0.29) is 23.3 Å². The molecule has 3 aromatic rings. The number of rotatable bonds is 8. The van der Waals surface area contributed by atoms with E-state index in [0.717, 1.165) is 23.2 Å². The van der Waals surface area contributed by atoms with Gasteiger partial charge in [0, 0.05) is 12.6 Å². The van der Waals surface area contributed by atoms with Crippen molar-refractivity contribution in [2.45, 2.75) is 65.3 Å². The van der Waals surface area contributed by atoms with E-state index in [1.54, 1.807) is 9.25 Å². The Morgan fingerprint density at radius 2 is 1.90 bits per heavy atom. The van der Waals surface area contributed by atoms with Gasteiger partial charge in [0.05, 0.1) is 18.0 Å². The Labute approximate surface area is 180 Å². The molecule has 0 spiro atoms. The van der Waals surface area contributed by atoms with E-state index < -0.39 is 0 Å². The highest BCUT2D eigenvalue weighted by Crippen LogP contribution is 2.21. The lowest BCUT2D eigenvalue weighted by atomic mass is 10.1. The average molecular weight is 428 g/mol. The monoisotopic (exact) mass is 427 g/mol. The van der Waals surface area contributed by atoms with Crippen molar-refractivity contribution in [3.05, 3.63) is 51.4 Å². The molecular formula is C22H29N5O2S. The first-order chi connectivity index (χ1) is 14.3. The minimum atomic E-state index is -0.132. The smallest absolute Gasteiger partial charge is 0.280 e. The van der Waals surface area contributed by atoms with Crippen LogP contribution in [0.2, 0.25) is 0 Å². The number of nitrogens with one attached hydrogen (secondary N) is 1. The summed E-state index contributed by atoms with van der Waals surface area (Å²) < 4.78 is 3.36. The van der Waals surface area contributed by atoms with Crippen LogP contribution in [-0.4, -0.2) is 37.0 Å². The molecule has 0 aliphatic rings. The number of benzene rings is 1. The summed E-state index contributed by atoms with van der Waals surface area (Å²) in [5.41, 5.74) is 3.87. The maximum atomic E-state index is 13.4. The summed E-state index contributed by atoms with van der Waals surface area (Å²) in [6.45, 7) is 10.8. The fourth-order valence-corrected chi connectivity index (χ4v) is 3.99. The van der Waals surface area contributed by atoms with Crippen LogP contribution in [0.3, 0.4) is 0 Å². The largest absolute Gasteiger partial charge is 0.353 e. The van der Waals surface area contributed by atoms with Gasteiger partial charge in [0.2, 0.25) is 5.91 Å². The summed E-state index contributed by atoms with van der Waals surface area (Å²) in [4.78, 5) is 30.5. The molecule has 0 aliphatic heterocycles. The predicted molar refractivity (Wildman–Crippen MR) is 121 cm³/mol. The quantitative estimate of drug-likeness (QED) is 0.441. The van der Waals surface area contributed by atoms with Crippen molar-refractivity contribution in [3.63, 3.8) is 0 Å². The first kappa shape index (κ1) is 22.1. The number of aromatic nitrogens is 4. The molecule has 3 rings (SSSR count). The molecule has 1 unspecified atom stereocenters. The molecule has 1 atom stereocenters. The lowest BCUT2D eigenvalue weighted by molar-refractivity contribution is -0.119. The zero-order chi connectivity index (χ0) is 21.8. The van der Waals surface area contributed by atoms with Crippen molar-refractivity contribution in [1.82, 2.24) is 24.6 Å². The standard InChI is InChI=1S/C22H29N5O2S/c1-6-15(4)23-18(28)13-30-22-24-19-16(5)25-27(7-2)20(19)21(29)26(22)12-17-10-8-14(3)9-11-17/h8-11,15H,6-7,12-13H2,1-5H3,(H,23,28). The van der Waals surface area contributed by atoms with E-state index in [4.69, 9.17) is 4.98 Å². The van der Waals surface area contributed by atoms with Gasteiger partial charge in [-0.05, 0) is 39.7 Å². The molecule has 2 aromatic heterocycles.